The first-order valence-corrected chi connectivity index (χ1v) is 8.39. The van der Waals surface area contributed by atoms with E-state index in [9.17, 15) is 9.18 Å². The van der Waals surface area contributed by atoms with Gasteiger partial charge >= 0.3 is 0 Å². The molecule has 2 heterocycles. The zero-order valence-electron chi connectivity index (χ0n) is 13.7. The molecule has 0 aliphatic carbocycles. The fourth-order valence-corrected chi connectivity index (χ4v) is 3.04. The van der Waals surface area contributed by atoms with Crippen molar-refractivity contribution in [3.05, 3.63) is 60.2 Å². The maximum atomic E-state index is 13.1. The number of nitrogens with zero attached hydrogens (tertiary/aromatic N) is 3. The second-order valence-corrected chi connectivity index (χ2v) is 6.05. The number of carbonyl (C=O) groups is 1. The molecule has 0 bridgehead atoms. The summed E-state index contributed by atoms with van der Waals surface area (Å²) in [5.41, 5.74) is 2.16. The van der Waals surface area contributed by atoms with Gasteiger partial charge < -0.3 is 9.80 Å². The van der Waals surface area contributed by atoms with Crippen LogP contribution in [0.4, 0.5) is 10.1 Å². The quantitative estimate of drug-likeness (QED) is 0.866. The SMILES string of the molecule is O=C(CCc1ccncc1)N1CCCN(c2ccc(F)cc2)CC1. The van der Waals surface area contributed by atoms with E-state index in [-0.39, 0.29) is 11.7 Å². The normalized spacial score (nSPS) is 15.2. The molecule has 1 saturated heterocycles. The first kappa shape index (κ1) is 16.4. The molecule has 24 heavy (non-hydrogen) atoms. The van der Waals surface area contributed by atoms with Crippen LogP contribution in [0.15, 0.2) is 48.8 Å². The van der Waals surface area contributed by atoms with E-state index in [2.05, 4.69) is 9.88 Å². The molecule has 0 spiro atoms. The largest absolute Gasteiger partial charge is 0.370 e. The van der Waals surface area contributed by atoms with E-state index in [1.165, 1.54) is 12.1 Å². The lowest BCUT2D eigenvalue weighted by Crippen LogP contribution is -2.35. The molecule has 0 saturated carbocycles. The van der Waals surface area contributed by atoms with Gasteiger partial charge in [0.2, 0.25) is 5.91 Å². The fraction of sp³-hybridized carbons (Fsp3) is 0.368. The van der Waals surface area contributed by atoms with Crippen molar-refractivity contribution in [2.24, 2.45) is 0 Å². The van der Waals surface area contributed by atoms with Crippen LogP contribution in [-0.2, 0) is 11.2 Å². The third kappa shape index (κ3) is 4.31. The van der Waals surface area contributed by atoms with Crippen molar-refractivity contribution in [1.82, 2.24) is 9.88 Å². The van der Waals surface area contributed by atoms with Crippen molar-refractivity contribution in [2.75, 3.05) is 31.1 Å². The molecule has 1 aliphatic rings. The summed E-state index contributed by atoms with van der Waals surface area (Å²) in [6.07, 6.45) is 5.72. The van der Waals surface area contributed by atoms with Crippen molar-refractivity contribution in [3.63, 3.8) is 0 Å². The van der Waals surface area contributed by atoms with E-state index in [0.717, 1.165) is 43.7 Å². The number of aromatic nitrogens is 1. The summed E-state index contributed by atoms with van der Waals surface area (Å²) in [5.74, 6) is -0.0192. The van der Waals surface area contributed by atoms with E-state index in [1.807, 2.05) is 17.0 Å². The molecule has 1 aromatic carbocycles. The maximum absolute atomic E-state index is 13.1. The molecule has 2 aromatic rings. The van der Waals surface area contributed by atoms with Crippen molar-refractivity contribution >= 4 is 11.6 Å². The summed E-state index contributed by atoms with van der Waals surface area (Å²) in [4.78, 5) is 20.6. The number of pyridine rings is 1. The molecule has 126 valence electrons. The molecule has 0 unspecified atom stereocenters. The molecule has 1 aromatic heterocycles. The molecular weight excluding hydrogens is 305 g/mol. The third-order valence-corrected chi connectivity index (χ3v) is 4.42. The standard InChI is InChI=1S/C19H22FN3O/c20-17-3-5-18(6-4-17)22-12-1-13-23(15-14-22)19(24)7-2-16-8-10-21-11-9-16/h3-6,8-11H,1-2,7,12-15H2. The van der Waals surface area contributed by atoms with Gasteiger partial charge in [0.1, 0.15) is 5.82 Å². The first-order chi connectivity index (χ1) is 11.7. The van der Waals surface area contributed by atoms with Crippen LogP contribution in [0.25, 0.3) is 0 Å². The van der Waals surface area contributed by atoms with Crippen LogP contribution in [0.5, 0.6) is 0 Å². The van der Waals surface area contributed by atoms with Crippen LogP contribution in [0.1, 0.15) is 18.4 Å². The Balaban J connectivity index is 1.53. The van der Waals surface area contributed by atoms with Crippen LogP contribution in [0.3, 0.4) is 0 Å². The van der Waals surface area contributed by atoms with Gasteiger partial charge in [-0.05, 0) is 54.8 Å². The van der Waals surface area contributed by atoms with Gasteiger partial charge in [0.15, 0.2) is 0 Å². The molecule has 4 nitrogen and oxygen atoms in total. The molecule has 0 radical (unpaired) electrons. The molecule has 1 fully saturated rings. The van der Waals surface area contributed by atoms with Crippen LogP contribution in [0.2, 0.25) is 0 Å². The predicted molar refractivity (Wildman–Crippen MR) is 92.4 cm³/mol. The van der Waals surface area contributed by atoms with Crippen LogP contribution in [-0.4, -0.2) is 42.0 Å². The zero-order valence-corrected chi connectivity index (χ0v) is 13.7. The van der Waals surface area contributed by atoms with Crippen LogP contribution < -0.4 is 4.90 Å². The van der Waals surface area contributed by atoms with Gasteiger partial charge in [-0.2, -0.15) is 0 Å². The van der Waals surface area contributed by atoms with E-state index in [0.29, 0.717) is 13.0 Å². The van der Waals surface area contributed by atoms with Gasteiger partial charge in [-0.25, -0.2) is 4.39 Å². The lowest BCUT2D eigenvalue weighted by Gasteiger charge is -2.23. The Bertz CT molecular complexity index is 660. The number of rotatable bonds is 4. The van der Waals surface area contributed by atoms with E-state index < -0.39 is 0 Å². The van der Waals surface area contributed by atoms with Crippen molar-refractivity contribution in [1.29, 1.82) is 0 Å². The summed E-state index contributed by atoms with van der Waals surface area (Å²) in [6.45, 7) is 3.17. The zero-order chi connectivity index (χ0) is 16.8. The van der Waals surface area contributed by atoms with Gasteiger partial charge in [0, 0.05) is 50.7 Å². The number of anilines is 1. The molecule has 0 N–H and O–H groups in total. The van der Waals surface area contributed by atoms with Crippen molar-refractivity contribution < 1.29 is 9.18 Å². The monoisotopic (exact) mass is 327 g/mol. The van der Waals surface area contributed by atoms with Gasteiger partial charge in [-0.1, -0.05) is 0 Å². The number of hydrogen-bond acceptors (Lipinski definition) is 3. The number of hydrogen-bond donors (Lipinski definition) is 0. The highest BCUT2D eigenvalue weighted by Gasteiger charge is 2.19. The summed E-state index contributed by atoms with van der Waals surface area (Å²) < 4.78 is 13.1. The van der Waals surface area contributed by atoms with Crippen LogP contribution in [0, 0.1) is 5.82 Å². The number of amides is 1. The fourth-order valence-electron chi connectivity index (χ4n) is 3.04. The number of benzene rings is 1. The first-order valence-electron chi connectivity index (χ1n) is 8.39. The summed E-state index contributed by atoms with van der Waals surface area (Å²) in [6, 6.07) is 10.5. The van der Waals surface area contributed by atoms with E-state index in [1.54, 1.807) is 24.5 Å². The minimum atomic E-state index is -0.221. The van der Waals surface area contributed by atoms with Gasteiger partial charge in [0.05, 0.1) is 0 Å². The highest BCUT2D eigenvalue weighted by atomic mass is 19.1. The lowest BCUT2D eigenvalue weighted by molar-refractivity contribution is -0.130. The van der Waals surface area contributed by atoms with Crippen LogP contribution >= 0.6 is 0 Å². The van der Waals surface area contributed by atoms with Gasteiger partial charge in [0.25, 0.3) is 0 Å². The minimum Gasteiger partial charge on any atom is -0.370 e. The number of carbonyl (C=O) groups excluding carboxylic acids is 1. The Kier molecular flexibility index (Phi) is 5.41. The predicted octanol–water partition coefficient (Wildman–Crippen LogP) is 2.89. The smallest absolute Gasteiger partial charge is 0.222 e. The van der Waals surface area contributed by atoms with Gasteiger partial charge in [-0.3, -0.25) is 9.78 Å². The average molecular weight is 327 g/mol. The molecular formula is C19H22FN3O. The average Bonchev–Trinajstić information content (AvgIpc) is 2.87. The Morgan fingerprint density at radius 1 is 1.00 bits per heavy atom. The lowest BCUT2D eigenvalue weighted by atomic mass is 10.1. The number of halogens is 1. The molecule has 1 aliphatic heterocycles. The topological polar surface area (TPSA) is 36.4 Å². The minimum absolute atomic E-state index is 0.202. The van der Waals surface area contributed by atoms with Crippen molar-refractivity contribution in [2.45, 2.75) is 19.3 Å². The Labute approximate surface area is 141 Å². The highest BCUT2D eigenvalue weighted by Crippen LogP contribution is 2.17. The highest BCUT2D eigenvalue weighted by molar-refractivity contribution is 5.76. The molecule has 3 rings (SSSR count). The Morgan fingerprint density at radius 3 is 2.50 bits per heavy atom. The molecule has 0 atom stereocenters. The summed E-state index contributed by atoms with van der Waals surface area (Å²) in [5, 5.41) is 0. The summed E-state index contributed by atoms with van der Waals surface area (Å²) >= 11 is 0. The van der Waals surface area contributed by atoms with E-state index in [4.69, 9.17) is 0 Å². The second-order valence-electron chi connectivity index (χ2n) is 6.05. The second kappa shape index (κ2) is 7.90. The third-order valence-electron chi connectivity index (χ3n) is 4.42. The van der Waals surface area contributed by atoms with Crippen molar-refractivity contribution in [3.8, 4) is 0 Å². The van der Waals surface area contributed by atoms with Gasteiger partial charge in [-0.15, -0.1) is 0 Å². The summed E-state index contributed by atoms with van der Waals surface area (Å²) in [7, 11) is 0. The molecule has 1 amide bonds. The maximum Gasteiger partial charge on any atom is 0.222 e. The Hall–Kier alpha value is -2.43. The van der Waals surface area contributed by atoms with E-state index >= 15 is 0 Å². The molecule has 5 heteroatoms. The Morgan fingerprint density at radius 2 is 1.75 bits per heavy atom. The number of aryl methyl sites for hydroxylation is 1.